The fourth-order valence-electron chi connectivity index (χ4n) is 1.26. The van der Waals surface area contributed by atoms with Crippen LogP contribution in [0.25, 0.3) is 0 Å². The monoisotopic (exact) mass is 219 g/mol. The van der Waals surface area contributed by atoms with E-state index in [1.807, 2.05) is 0 Å². The largest absolute Gasteiger partial charge is 1.00 e. The zero-order chi connectivity index (χ0) is 10.1. The zero-order valence-corrected chi connectivity index (χ0v) is 9.91. The smallest absolute Gasteiger partial charge is 0.336 e. The third kappa shape index (κ3) is 9.75. The summed E-state index contributed by atoms with van der Waals surface area (Å²) in [6.45, 7) is 5.89. The molecule has 0 aromatic heterocycles. The molecule has 3 heteroatoms. The molecule has 0 fully saturated rings. The van der Waals surface area contributed by atoms with E-state index in [0.717, 1.165) is 12.8 Å². The Kier molecular flexibility index (Phi) is 12.4. The lowest BCUT2D eigenvalue weighted by Crippen LogP contribution is -3.00. The van der Waals surface area contributed by atoms with Gasteiger partial charge in [0.05, 0.1) is 0 Å². The van der Waals surface area contributed by atoms with E-state index in [0.29, 0.717) is 5.57 Å². The average Bonchev–Trinajstić information content (AvgIpc) is 2.10. The summed E-state index contributed by atoms with van der Waals surface area (Å²) in [5.41, 5.74) is 4.00. The third-order valence-corrected chi connectivity index (χ3v) is 2.23. The predicted molar refractivity (Wildman–Crippen MR) is 55.0 cm³/mol. The molecule has 0 aliphatic heterocycles. The molecular formula is C11H22ClNO. The van der Waals surface area contributed by atoms with Gasteiger partial charge in [0.1, 0.15) is 0 Å². The SMILES string of the molecule is C=C(CCCCCCCC)C([NH3+])=O.[Cl-]. The van der Waals surface area contributed by atoms with Crippen molar-refractivity contribution in [1.29, 1.82) is 0 Å². The molecule has 0 aliphatic rings. The van der Waals surface area contributed by atoms with Gasteiger partial charge in [0.25, 0.3) is 0 Å². The van der Waals surface area contributed by atoms with Gasteiger partial charge < -0.3 is 12.4 Å². The number of amides is 1. The Hall–Kier alpha value is -0.340. The van der Waals surface area contributed by atoms with Gasteiger partial charge in [-0.15, -0.1) is 0 Å². The van der Waals surface area contributed by atoms with Gasteiger partial charge in [-0.3, -0.25) is 5.73 Å². The summed E-state index contributed by atoms with van der Waals surface area (Å²) >= 11 is 0. The Balaban J connectivity index is 0. The summed E-state index contributed by atoms with van der Waals surface area (Å²) in [4.78, 5) is 10.7. The molecule has 0 spiro atoms. The molecule has 0 aromatic rings. The van der Waals surface area contributed by atoms with Crippen LogP contribution in [0.5, 0.6) is 0 Å². The number of unbranched alkanes of at least 4 members (excludes halogenated alkanes) is 5. The van der Waals surface area contributed by atoms with Gasteiger partial charge in [0.2, 0.25) is 0 Å². The van der Waals surface area contributed by atoms with Crippen LogP contribution >= 0.6 is 0 Å². The number of hydrogen-bond acceptors (Lipinski definition) is 1. The Bertz CT molecular complexity index is 169. The maximum atomic E-state index is 10.7. The first-order chi connectivity index (χ1) is 6.18. The fraction of sp³-hybridized carbons (Fsp3) is 0.727. The van der Waals surface area contributed by atoms with Gasteiger partial charge >= 0.3 is 5.91 Å². The van der Waals surface area contributed by atoms with Gasteiger partial charge in [-0.1, -0.05) is 45.6 Å². The Morgan fingerprint density at radius 3 is 2.14 bits per heavy atom. The third-order valence-electron chi connectivity index (χ3n) is 2.23. The van der Waals surface area contributed by atoms with Crippen LogP contribution < -0.4 is 18.1 Å². The number of rotatable bonds is 8. The summed E-state index contributed by atoms with van der Waals surface area (Å²) in [6, 6.07) is 0. The Morgan fingerprint density at radius 2 is 1.64 bits per heavy atom. The topological polar surface area (TPSA) is 44.7 Å². The molecule has 84 valence electrons. The standard InChI is InChI=1S/C11H21NO.ClH/c1-3-4-5-6-7-8-9-10(2)11(12)13;/h2-9H2,1H3,(H2,12,13);1H. The van der Waals surface area contributed by atoms with Crippen LogP contribution in [-0.2, 0) is 4.79 Å². The molecule has 0 aliphatic carbocycles. The number of halogens is 1. The van der Waals surface area contributed by atoms with E-state index in [2.05, 4.69) is 19.2 Å². The molecule has 14 heavy (non-hydrogen) atoms. The van der Waals surface area contributed by atoms with Gasteiger partial charge in [-0.25, -0.2) is 4.79 Å². The molecule has 0 aromatic carbocycles. The number of quaternary nitrogens is 1. The molecule has 0 saturated heterocycles. The molecule has 0 radical (unpaired) electrons. The number of carbonyl (C=O) groups is 1. The first kappa shape index (κ1) is 16.1. The molecule has 3 N–H and O–H groups in total. The highest BCUT2D eigenvalue weighted by molar-refractivity contribution is 5.83. The Labute approximate surface area is 93.4 Å². The van der Waals surface area contributed by atoms with E-state index in [1.54, 1.807) is 0 Å². The van der Waals surface area contributed by atoms with Crippen LogP contribution in [0.4, 0.5) is 0 Å². The lowest BCUT2D eigenvalue weighted by molar-refractivity contribution is -0.299. The van der Waals surface area contributed by atoms with Crippen molar-refractivity contribution in [3.8, 4) is 0 Å². The zero-order valence-electron chi connectivity index (χ0n) is 9.15. The minimum absolute atomic E-state index is 0. The average molecular weight is 220 g/mol. The van der Waals surface area contributed by atoms with Crippen molar-refractivity contribution in [2.75, 3.05) is 0 Å². The molecule has 0 unspecified atom stereocenters. The molecule has 0 rings (SSSR count). The van der Waals surface area contributed by atoms with Gasteiger partial charge in [-0.05, 0) is 12.8 Å². The molecule has 2 nitrogen and oxygen atoms in total. The highest BCUT2D eigenvalue weighted by Gasteiger charge is 2.03. The number of carbonyl (C=O) groups excluding carboxylic acids is 1. The molecule has 0 saturated carbocycles. The van der Waals surface area contributed by atoms with E-state index < -0.39 is 0 Å². The van der Waals surface area contributed by atoms with Gasteiger partial charge in [-0.2, -0.15) is 0 Å². The molecule has 0 atom stereocenters. The van der Waals surface area contributed by atoms with Crippen molar-refractivity contribution in [3.05, 3.63) is 12.2 Å². The summed E-state index contributed by atoms with van der Waals surface area (Å²) in [7, 11) is 0. The quantitative estimate of drug-likeness (QED) is 0.416. The summed E-state index contributed by atoms with van der Waals surface area (Å²) in [5, 5.41) is 0. The first-order valence-electron chi connectivity index (χ1n) is 5.22. The molecule has 0 heterocycles. The lowest BCUT2D eigenvalue weighted by Gasteiger charge is -1.99. The van der Waals surface area contributed by atoms with E-state index in [-0.39, 0.29) is 18.3 Å². The van der Waals surface area contributed by atoms with Crippen molar-refractivity contribution in [3.63, 3.8) is 0 Å². The highest BCUT2D eigenvalue weighted by atomic mass is 35.5. The second-order valence-corrected chi connectivity index (χ2v) is 3.54. The van der Waals surface area contributed by atoms with Crippen molar-refractivity contribution in [1.82, 2.24) is 0 Å². The normalized spacial score (nSPS) is 9.29. The predicted octanol–water partition coefficient (Wildman–Crippen LogP) is -0.934. The minimum atomic E-state index is -0.103. The lowest BCUT2D eigenvalue weighted by atomic mass is 10.1. The summed E-state index contributed by atoms with van der Waals surface area (Å²) < 4.78 is 0. The second kappa shape index (κ2) is 10.7. The number of hydrogen-bond donors (Lipinski definition) is 1. The highest BCUT2D eigenvalue weighted by Crippen LogP contribution is 2.09. The van der Waals surface area contributed by atoms with Crippen LogP contribution in [0.1, 0.15) is 51.9 Å². The van der Waals surface area contributed by atoms with Crippen LogP contribution in [0.3, 0.4) is 0 Å². The van der Waals surface area contributed by atoms with Crippen LogP contribution in [0.2, 0.25) is 0 Å². The van der Waals surface area contributed by atoms with Gasteiger partial charge in [0.15, 0.2) is 0 Å². The van der Waals surface area contributed by atoms with Crippen molar-refractivity contribution < 1.29 is 22.9 Å². The molecule has 1 amide bonds. The van der Waals surface area contributed by atoms with E-state index in [4.69, 9.17) is 0 Å². The first-order valence-corrected chi connectivity index (χ1v) is 5.22. The maximum absolute atomic E-state index is 10.7. The summed E-state index contributed by atoms with van der Waals surface area (Å²) in [5.74, 6) is -0.103. The van der Waals surface area contributed by atoms with Gasteiger partial charge in [0, 0.05) is 5.57 Å². The maximum Gasteiger partial charge on any atom is 0.336 e. The fourth-order valence-corrected chi connectivity index (χ4v) is 1.26. The molecule has 0 bridgehead atoms. The summed E-state index contributed by atoms with van der Waals surface area (Å²) in [6.07, 6.45) is 8.34. The van der Waals surface area contributed by atoms with Crippen LogP contribution in [-0.4, -0.2) is 5.91 Å². The Morgan fingerprint density at radius 1 is 1.14 bits per heavy atom. The second-order valence-electron chi connectivity index (χ2n) is 3.54. The van der Waals surface area contributed by atoms with Crippen molar-refractivity contribution in [2.45, 2.75) is 51.9 Å². The molecular weight excluding hydrogens is 198 g/mol. The van der Waals surface area contributed by atoms with E-state index in [1.165, 1.54) is 32.1 Å². The van der Waals surface area contributed by atoms with Crippen LogP contribution in [0, 0.1) is 0 Å². The van der Waals surface area contributed by atoms with Crippen molar-refractivity contribution in [2.24, 2.45) is 0 Å². The minimum Gasteiger partial charge on any atom is -1.00 e. The van der Waals surface area contributed by atoms with Crippen LogP contribution in [0.15, 0.2) is 12.2 Å². The van der Waals surface area contributed by atoms with E-state index >= 15 is 0 Å². The van der Waals surface area contributed by atoms with E-state index in [9.17, 15) is 4.79 Å². The van der Waals surface area contributed by atoms with Crippen molar-refractivity contribution >= 4 is 5.91 Å².